The van der Waals surface area contributed by atoms with Crippen LogP contribution in [0, 0.1) is 0 Å². The number of hydrogen-bond donors (Lipinski definition) is 0. The number of benzene rings is 1. The van der Waals surface area contributed by atoms with Crippen molar-refractivity contribution in [1.29, 1.82) is 0 Å². The zero-order valence-electron chi connectivity index (χ0n) is 13.9. The highest BCUT2D eigenvalue weighted by atomic mass is 19.2. The van der Waals surface area contributed by atoms with Crippen molar-refractivity contribution in [1.82, 2.24) is 4.48 Å². The van der Waals surface area contributed by atoms with E-state index >= 15 is 0 Å². The van der Waals surface area contributed by atoms with E-state index in [4.69, 9.17) is 0 Å². The van der Waals surface area contributed by atoms with Gasteiger partial charge in [0.15, 0.2) is 0 Å². The first-order valence-corrected chi connectivity index (χ1v) is 8.16. The highest BCUT2D eigenvalue weighted by molar-refractivity contribution is 6.41. The van der Waals surface area contributed by atoms with Gasteiger partial charge in [0.2, 0.25) is 11.4 Å². The fraction of sp³-hybridized carbons (Fsp3) is 0.211. The van der Waals surface area contributed by atoms with Crippen LogP contribution in [0.2, 0.25) is 0 Å². The first kappa shape index (κ1) is 16.4. The SMILES string of the molecule is CCCc1ccc(/C=C2/C=CC(c3ccccc3)=[N+]2C)n1B(F)F. The molecular weight excluding hydrogens is 305 g/mol. The lowest BCUT2D eigenvalue weighted by Crippen LogP contribution is -2.18. The summed E-state index contributed by atoms with van der Waals surface area (Å²) in [5, 5.41) is 0. The Kier molecular flexibility index (Phi) is 4.79. The maximum Gasteiger partial charge on any atom is 0.677 e. The number of likely N-dealkylation sites (N-methyl/N-ethyl adjacent to an activating group) is 1. The molecule has 0 aliphatic carbocycles. The zero-order chi connectivity index (χ0) is 17.1. The fourth-order valence-electron chi connectivity index (χ4n) is 3.05. The number of allylic oxidation sites excluding steroid dienone is 2. The molecule has 0 spiro atoms. The third kappa shape index (κ3) is 3.11. The van der Waals surface area contributed by atoms with Gasteiger partial charge in [-0.25, -0.2) is 0 Å². The summed E-state index contributed by atoms with van der Waals surface area (Å²) in [4.78, 5) is 0. The van der Waals surface area contributed by atoms with Crippen LogP contribution in [0.15, 0.2) is 60.3 Å². The second kappa shape index (κ2) is 6.99. The second-order valence-corrected chi connectivity index (χ2v) is 5.86. The summed E-state index contributed by atoms with van der Waals surface area (Å²) in [7, 11) is -0.571. The van der Waals surface area contributed by atoms with Crippen LogP contribution < -0.4 is 0 Å². The maximum absolute atomic E-state index is 13.5. The van der Waals surface area contributed by atoms with E-state index in [1.165, 1.54) is 0 Å². The van der Waals surface area contributed by atoms with E-state index in [0.29, 0.717) is 17.8 Å². The van der Waals surface area contributed by atoms with E-state index in [2.05, 4.69) is 0 Å². The topological polar surface area (TPSA) is 7.94 Å². The van der Waals surface area contributed by atoms with Gasteiger partial charge in [-0.05, 0) is 30.7 Å². The maximum atomic E-state index is 13.5. The Labute approximate surface area is 141 Å². The number of rotatable bonds is 5. The van der Waals surface area contributed by atoms with Crippen LogP contribution >= 0.6 is 0 Å². The lowest BCUT2D eigenvalue weighted by atomic mass is 10.1. The van der Waals surface area contributed by atoms with E-state index in [9.17, 15) is 8.63 Å². The molecule has 1 aromatic heterocycles. The van der Waals surface area contributed by atoms with E-state index in [1.54, 1.807) is 12.1 Å². The Morgan fingerprint density at radius 2 is 1.83 bits per heavy atom. The average Bonchev–Trinajstić information content (AvgIpc) is 3.13. The summed E-state index contributed by atoms with van der Waals surface area (Å²) >= 11 is 0. The molecule has 2 heterocycles. The summed E-state index contributed by atoms with van der Waals surface area (Å²) in [5.74, 6) is 0. The molecule has 5 heteroatoms. The molecule has 24 heavy (non-hydrogen) atoms. The van der Waals surface area contributed by atoms with Crippen LogP contribution in [0.25, 0.3) is 6.08 Å². The van der Waals surface area contributed by atoms with Gasteiger partial charge in [0.05, 0.1) is 0 Å². The predicted octanol–water partition coefficient (Wildman–Crippen LogP) is 4.25. The molecule has 0 atom stereocenters. The molecule has 3 rings (SSSR count). The molecule has 2 aromatic rings. The molecule has 1 aromatic carbocycles. The van der Waals surface area contributed by atoms with Gasteiger partial charge in [-0.15, -0.1) is 0 Å². The third-order valence-corrected chi connectivity index (χ3v) is 4.26. The molecule has 0 amide bonds. The number of nitrogens with zero attached hydrogens (tertiary/aromatic N) is 2. The van der Waals surface area contributed by atoms with Crippen molar-refractivity contribution in [3.05, 3.63) is 77.3 Å². The Morgan fingerprint density at radius 1 is 1.08 bits per heavy atom. The Balaban J connectivity index is 1.99. The van der Waals surface area contributed by atoms with Crippen LogP contribution in [-0.4, -0.2) is 29.2 Å². The first-order chi connectivity index (χ1) is 11.6. The molecule has 0 unspecified atom stereocenters. The van der Waals surface area contributed by atoms with Crippen LogP contribution in [0.5, 0.6) is 0 Å². The standard InChI is InChI=1S/C19H20BF2N2/c1-3-7-16-10-11-18(24(16)20(21)22)14-17-12-13-19(23(17)2)15-8-5-4-6-9-15/h4-6,8-14H,3,7H2,1-2H3/q+1. The first-order valence-electron chi connectivity index (χ1n) is 8.16. The Morgan fingerprint density at radius 3 is 2.50 bits per heavy atom. The average molecular weight is 325 g/mol. The second-order valence-electron chi connectivity index (χ2n) is 5.86. The lowest BCUT2D eigenvalue weighted by Gasteiger charge is -2.07. The highest BCUT2D eigenvalue weighted by Crippen LogP contribution is 2.20. The van der Waals surface area contributed by atoms with E-state index < -0.39 is 7.40 Å². The molecule has 122 valence electrons. The van der Waals surface area contributed by atoms with Crippen molar-refractivity contribution in [2.45, 2.75) is 19.8 Å². The Bertz CT molecular complexity index is 817. The molecule has 0 fully saturated rings. The van der Waals surface area contributed by atoms with Gasteiger partial charge in [-0.1, -0.05) is 31.5 Å². The fourth-order valence-corrected chi connectivity index (χ4v) is 3.05. The predicted molar refractivity (Wildman–Crippen MR) is 95.6 cm³/mol. The van der Waals surface area contributed by atoms with E-state index in [-0.39, 0.29) is 0 Å². The van der Waals surface area contributed by atoms with Crippen LogP contribution in [0.3, 0.4) is 0 Å². The summed E-state index contributed by atoms with van der Waals surface area (Å²) in [5.41, 5.74) is 4.28. The number of halogens is 2. The number of aryl methyl sites for hydroxylation is 1. The number of hydrogen-bond acceptors (Lipinski definition) is 0. The molecular formula is C19H20BF2N2+. The monoisotopic (exact) mass is 325 g/mol. The highest BCUT2D eigenvalue weighted by Gasteiger charge is 2.25. The quantitative estimate of drug-likeness (QED) is 0.573. The van der Waals surface area contributed by atoms with Crippen molar-refractivity contribution >= 4 is 19.2 Å². The van der Waals surface area contributed by atoms with Gasteiger partial charge in [-0.2, -0.15) is 4.58 Å². The molecule has 0 saturated heterocycles. The normalized spacial score (nSPS) is 15.6. The van der Waals surface area contributed by atoms with Gasteiger partial charge < -0.3 is 4.48 Å². The zero-order valence-corrected chi connectivity index (χ0v) is 13.9. The van der Waals surface area contributed by atoms with Crippen molar-refractivity contribution in [2.75, 3.05) is 7.05 Å². The van der Waals surface area contributed by atoms with Gasteiger partial charge in [0, 0.05) is 35.2 Å². The minimum Gasteiger partial charge on any atom is -0.329 e. The van der Waals surface area contributed by atoms with Gasteiger partial charge in [-0.3, -0.25) is 8.63 Å². The lowest BCUT2D eigenvalue weighted by molar-refractivity contribution is -0.432. The summed E-state index contributed by atoms with van der Waals surface area (Å²) in [6.07, 6.45) is 7.30. The molecule has 0 saturated carbocycles. The molecule has 0 radical (unpaired) electrons. The van der Waals surface area contributed by atoms with Crippen molar-refractivity contribution in [2.24, 2.45) is 0 Å². The Hall–Kier alpha value is -2.43. The molecule has 2 nitrogen and oxygen atoms in total. The van der Waals surface area contributed by atoms with E-state index in [1.807, 2.05) is 67.1 Å². The minimum absolute atomic E-state index is 0.536. The summed E-state index contributed by atoms with van der Waals surface area (Å²) < 4.78 is 30.1. The smallest absolute Gasteiger partial charge is 0.329 e. The van der Waals surface area contributed by atoms with Crippen molar-refractivity contribution in [3.8, 4) is 0 Å². The van der Waals surface area contributed by atoms with Gasteiger partial charge >= 0.3 is 7.40 Å². The van der Waals surface area contributed by atoms with Gasteiger partial charge in [0.1, 0.15) is 7.05 Å². The third-order valence-electron chi connectivity index (χ3n) is 4.26. The van der Waals surface area contributed by atoms with E-state index in [0.717, 1.165) is 27.9 Å². The number of aromatic nitrogens is 1. The van der Waals surface area contributed by atoms with Crippen LogP contribution in [0.1, 0.15) is 30.3 Å². The van der Waals surface area contributed by atoms with Crippen molar-refractivity contribution in [3.63, 3.8) is 0 Å². The minimum atomic E-state index is -2.53. The van der Waals surface area contributed by atoms with Crippen molar-refractivity contribution < 1.29 is 13.2 Å². The van der Waals surface area contributed by atoms with Gasteiger partial charge in [0.25, 0.3) is 0 Å². The largest absolute Gasteiger partial charge is 0.677 e. The molecule has 0 N–H and O–H groups in total. The van der Waals surface area contributed by atoms with Crippen LogP contribution in [-0.2, 0) is 6.42 Å². The summed E-state index contributed by atoms with van der Waals surface area (Å²) in [6.45, 7) is 2.00. The molecule has 0 bridgehead atoms. The molecule has 1 aliphatic rings. The molecule has 1 aliphatic heterocycles. The van der Waals surface area contributed by atoms with Crippen LogP contribution in [0.4, 0.5) is 8.63 Å². The summed E-state index contributed by atoms with van der Waals surface area (Å²) in [6, 6.07) is 13.6.